The van der Waals surface area contributed by atoms with Gasteiger partial charge in [0.2, 0.25) is 0 Å². The highest BCUT2D eigenvalue weighted by molar-refractivity contribution is 5.14. The summed E-state index contributed by atoms with van der Waals surface area (Å²) in [6.45, 7) is 6.95. The average molecular weight is 234 g/mol. The van der Waals surface area contributed by atoms with Crippen molar-refractivity contribution in [3.63, 3.8) is 0 Å². The second kappa shape index (κ2) is 6.74. The maximum atomic E-state index is 8.81. The van der Waals surface area contributed by atoms with E-state index in [0.29, 0.717) is 6.61 Å². The van der Waals surface area contributed by atoms with Crippen molar-refractivity contribution in [1.82, 2.24) is 9.80 Å². The summed E-state index contributed by atoms with van der Waals surface area (Å²) in [5, 5.41) is 8.81. The van der Waals surface area contributed by atoms with E-state index in [1.807, 2.05) is 0 Å². The zero-order valence-electron chi connectivity index (χ0n) is 10.4. The molecule has 1 fully saturated rings. The SMILES string of the molecule is OCCCN1CCN(Cc2ccccc2)CC1. The Balaban J connectivity index is 1.72. The first-order valence-corrected chi connectivity index (χ1v) is 6.48. The van der Waals surface area contributed by atoms with Gasteiger partial charge in [-0.1, -0.05) is 30.3 Å². The van der Waals surface area contributed by atoms with Crippen LogP contribution < -0.4 is 0 Å². The van der Waals surface area contributed by atoms with Gasteiger partial charge in [-0.05, 0) is 12.0 Å². The van der Waals surface area contributed by atoms with E-state index >= 15 is 0 Å². The van der Waals surface area contributed by atoms with Gasteiger partial charge in [0.05, 0.1) is 0 Å². The van der Waals surface area contributed by atoms with Crippen LogP contribution in [0.3, 0.4) is 0 Å². The van der Waals surface area contributed by atoms with Crippen LogP contribution in [0.15, 0.2) is 30.3 Å². The third kappa shape index (κ3) is 4.11. The Kier molecular flexibility index (Phi) is 4.98. The number of piperazine rings is 1. The molecular formula is C14H22N2O. The third-order valence-corrected chi connectivity index (χ3v) is 3.35. The summed E-state index contributed by atoms with van der Waals surface area (Å²) in [5.41, 5.74) is 1.40. The van der Waals surface area contributed by atoms with Crippen molar-refractivity contribution in [3.05, 3.63) is 35.9 Å². The van der Waals surface area contributed by atoms with Gasteiger partial charge in [0, 0.05) is 45.9 Å². The number of aliphatic hydroxyl groups is 1. The number of rotatable bonds is 5. The van der Waals surface area contributed by atoms with E-state index in [1.165, 1.54) is 5.56 Å². The molecule has 0 saturated carbocycles. The lowest BCUT2D eigenvalue weighted by molar-refractivity contribution is 0.120. The molecule has 1 aromatic rings. The Bertz CT molecular complexity index is 307. The second-order valence-corrected chi connectivity index (χ2v) is 4.68. The van der Waals surface area contributed by atoms with E-state index in [0.717, 1.165) is 45.7 Å². The Morgan fingerprint density at radius 1 is 0.941 bits per heavy atom. The molecule has 3 nitrogen and oxygen atoms in total. The predicted molar refractivity (Wildman–Crippen MR) is 69.9 cm³/mol. The fraction of sp³-hybridized carbons (Fsp3) is 0.571. The topological polar surface area (TPSA) is 26.7 Å². The van der Waals surface area contributed by atoms with Gasteiger partial charge in [-0.2, -0.15) is 0 Å². The van der Waals surface area contributed by atoms with Crippen LogP contribution in [0.1, 0.15) is 12.0 Å². The summed E-state index contributed by atoms with van der Waals surface area (Å²) >= 11 is 0. The monoisotopic (exact) mass is 234 g/mol. The summed E-state index contributed by atoms with van der Waals surface area (Å²) in [6.07, 6.45) is 0.901. The van der Waals surface area contributed by atoms with E-state index < -0.39 is 0 Å². The van der Waals surface area contributed by atoms with Gasteiger partial charge < -0.3 is 10.0 Å². The highest BCUT2D eigenvalue weighted by Gasteiger charge is 2.15. The molecule has 3 heteroatoms. The van der Waals surface area contributed by atoms with Crippen LogP contribution in [0.5, 0.6) is 0 Å². The predicted octanol–water partition coefficient (Wildman–Crippen LogP) is 1.19. The number of benzene rings is 1. The summed E-state index contributed by atoms with van der Waals surface area (Å²) in [4.78, 5) is 4.95. The van der Waals surface area contributed by atoms with Crippen LogP contribution in [0.2, 0.25) is 0 Å². The normalized spacial score (nSPS) is 18.4. The summed E-state index contributed by atoms with van der Waals surface area (Å²) in [6, 6.07) is 10.7. The number of hydrogen-bond acceptors (Lipinski definition) is 3. The van der Waals surface area contributed by atoms with Crippen LogP contribution in [-0.2, 0) is 6.54 Å². The molecule has 0 spiro atoms. The lowest BCUT2D eigenvalue weighted by Gasteiger charge is -2.34. The number of aliphatic hydroxyl groups excluding tert-OH is 1. The van der Waals surface area contributed by atoms with Crippen molar-refractivity contribution in [2.45, 2.75) is 13.0 Å². The second-order valence-electron chi connectivity index (χ2n) is 4.68. The molecule has 0 aliphatic carbocycles. The highest BCUT2D eigenvalue weighted by Crippen LogP contribution is 2.08. The molecule has 1 aliphatic heterocycles. The molecule has 1 N–H and O–H groups in total. The fourth-order valence-corrected chi connectivity index (χ4v) is 2.31. The van der Waals surface area contributed by atoms with E-state index in [-0.39, 0.29) is 0 Å². The molecular weight excluding hydrogens is 212 g/mol. The van der Waals surface area contributed by atoms with Gasteiger partial charge in [-0.15, -0.1) is 0 Å². The van der Waals surface area contributed by atoms with Crippen molar-refractivity contribution in [2.75, 3.05) is 39.3 Å². The maximum absolute atomic E-state index is 8.81. The van der Waals surface area contributed by atoms with Crippen molar-refractivity contribution >= 4 is 0 Å². The zero-order chi connectivity index (χ0) is 11.9. The molecule has 2 rings (SSSR count). The van der Waals surface area contributed by atoms with Crippen molar-refractivity contribution < 1.29 is 5.11 Å². The highest BCUT2D eigenvalue weighted by atomic mass is 16.3. The smallest absolute Gasteiger partial charge is 0.0443 e. The molecule has 94 valence electrons. The van der Waals surface area contributed by atoms with Crippen LogP contribution >= 0.6 is 0 Å². The van der Waals surface area contributed by atoms with Gasteiger partial charge in [0.15, 0.2) is 0 Å². The van der Waals surface area contributed by atoms with E-state index in [2.05, 4.69) is 40.1 Å². The van der Waals surface area contributed by atoms with Gasteiger partial charge >= 0.3 is 0 Å². The Morgan fingerprint density at radius 2 is 1.59 bits per heavy atom. The first-order chi connectivity index (χ1) is 8.38. The molecule has 1 saturated heterocycles. The van der Waals surface area contributed by atoms with Gasteiger partial charge in [0.1, 0.15) is 0 Å². The Labute approximate surface area is 104 Å². The Hall–Kier alpha value is -0.900. The minimum absolute atomic E-state index is 0.310. The Morgan fingerprint density at radius 3 is 2.24 bits per heavy atom. The standard InChI is InChI=1S/C14H22N2O/c17-12-4-7-15-8-10-16(11-9-15)13-14-5-2-1-3-6-14/h1-3,5-6,17H,4,7-13H2. The molecule has 0 atom stereocenters. The molecule has 0 aromatic heterocycles. The third-order valence-electron chi connectivity index (χ3n) is 3.35. The first-order valence-electron chi connectivity index (χ1n) is 6.48. The molecule has 17 heavy (non-hydrogen) atoms. The molecule has 0 radical (unpaired) electrons. The van der Waals surface area contributed by atoms with Crippen molar-refractivity contribution in [2.24, 2.45) is 0 Å². The summed E-state index contributed by atoms with van der Waals surface area (Å²) < 4.78 is 0. The van der Waals surface area contributed by atoms with E-state index in [9.17, 15) is 0 Å². The van der Waals surface area contributed by atoms with Gasteiger partial charge in [-0.3, -0.25) is 4.90 Å². The quantitative estimate of drug-likeness (QED) is 0.829. The van der Waals surface area contributed by atoms with Gasteiger partial charge in [-0.25, -0.2) is 0 Å². The lowest BCUT2D eigenvalue weighted by atomic mass is 10.2. The van der Waals surface area contributed by atoms with E-state index in [4.69, 9.17) is 5.11 Å². The van der Waals surface area contributed by atoms with Crippen LogP contribution in [0.4, 0.5) is 0 Å². The van der Waals surface area contributed by atoms with Crippen LogP contribution in [-0.4, -0.2) is 54.2 Å². The summed E-state index contributed by atoms with van der Waals surface area (Å²) in [7, 11) is 0. The number of hydrogen-bond donors (Lipinski definition) is 1. The average Bonchev–Trinajstić information content (AvgIpc) is 2.39. The van der Waals surface area contributed by atoms with E-state index in [1.54, 1.807) is 0 Å². The van der Waals surface area contributed by atoms with Crippen molar-refractivity contribution in [1.29, 1.82) is 0 Å². The molecule has 1 aromatic carbocycles. The minimum Gasteiger partial charge on any atom is -0.396 e. The molecule has 1 heterocycles. The van der Waals surface area contributed by atoms with Crippen LogP contribution in [0, 0.1) is 0 Å². The molecule has 0 amide bonds. The van der Waals surface area contributed by atoms with Crippen LogP contribution in [0.25, 0.3) is 0 Å². The number of nitrogens with zero attached hydrogens (tertiary/aromatic N) is 2. The van der Waals surface area contributed by atoms with Gasteiger partial charge in [0.25, 0.3) is 0 Å². The van der Waals surface area contributed by atoms with Crippen molar-refractivity contribution in [3.8, 4) is 0 Å². The minimum atomic E-state index is 0.310. The summed E-state index contributed by atoms with van der Waals surface area (Å²) in [5.74, 6) is 0. The zero-order valence-corrected chi connectivity index (χ0v) is 10.4. The fourth-order valence-electron chi connectivity index (χ4n) is 2.31. The first kappa shape index (κ1) is 12.6. The lowest BCUT2D eigenvalue weighted by Crippen LogP contribution is -2.46. The maximum Gasteiger partial charge on any atom is 0.0443 e. The molecule has 0 bridgehead atoms. The molecule has 0 unspecified atom stereocenters. The molecule has 1 aliphatic rings. The largest absolute Gasteiger partial charge is 0.396 e.